The van der Waals surface area contributed by atoms with Gasteiger partial charge in [-0.05, 0) is 32.9 Å². The van der Waals surface area contributed by atoms with Crippen molar-refractivity contribution in [1.29, 1.82) is 0 Å². The molecule has 0 spiro atoms. The lowest BCUT2D eigenvalue weighted by atomic mass is 10.1. The summed E-state index contributed by atoms with van der Waals surface area (Å²) in [6.45, 7) is 11.8. The molecule has 1 amide bonds. The predicted molar refractivity (Wildman–Crippen MR) is 114 cm³/mol. The van der Waals surface area contributed by atoms with Crippen LogP contribution in [0.5, 0.6) is 5.75 Å². The van der Waals surface area contributed by atoms with Crippen LogP contribution in [-0.2, 0) is 9.47 Å². The fourth-order valence-electron chi connectivity index (χ4n) is 3.73. The Kier molecular flexibility index (Phi) is 7.14. The monoisotopic (exact) mass is 425 g/mol. The van der Waals surface area contributed by atoms with E-state index >= 15 is 0 Å². The molecule has 1 atom stereocenters. The summed E-state index contributed by atoms with van der Waals surface area (Å²) in [7, 11) is 1.62. The molecule has 0 saturated carbocycles. The van der Waals surface area contributed by atoms with Crippen molar-refractivity contribution in [3.8, 4) is 5.75 Å². The molecule has 0 N–H and O–H groups in total. The summed E-state index contributed by atoms with van der Waals surface area (Å²) >= 11 is 6.19. The molecular weight excluding hydrogens is 394 g/mol. The summed E-state index contributed by atoms with van der Waals surface area (Å²) in [4.78, 5) is 19.4. The molecule has 162 valence electrons. The molecule has 2 heterocycles. The van der Waals surface area contributed by atoms with E-state index in [1.807, 2.05) is 43.9 Å². The van der Waals surface area contributed by atoms with E-state index in [0.29, 0.717) is 17.3 Å². The van der Waals surface area contributed by atoms with Crippen LogP contribution < -0.4 is 9.64 Å². The number of anilines is 1. The van der Waals surface area contributed by atoms with Gasteiger partial charge in [-0.2, -0.15) is 0 Å². The predicted octanol–water partition coefficient (Wildman–Crippen LogP) is 3.11. The second kappa shape index (κ2) is 9.41. The zero-order valence-electron chi connectivity index (χ0n) is 17.8. The first kappa shape index (κ1) is 22.0. The molecule has 0 aromatic heterocycles. The molecule has 1 aromatic rings. The molecule has 0 unspecified atom stereocenters. The topological polar surface area (TPSA) is 54.5 Å². The van der Waals surface area contributed by atoms with Crippen LogP contribution in [0.3, 0.4) is 0 Å². The number of hydrogen-bond acceptors (Lipinski definition) is 6. The van der Waals surface area contributed by atoms with Crippen molar-refractivity contribution in [2.75, 3.05) is 64.5 Å². The minimum absolute atomic E-state index is 0.0263. The van der Waals surface area contributed by atoms with Crippen molar-refractivity contribution in [3.63, 3.8) is 0 Å². The van der Waals surface area contributed by atoms with Gasteiger partial charge in [0.15, 0.2) is 0 Å². The first-order chi connectivity index (χ1) is 13.8. The number of piperazine rings is 1. The molecule has 3 rings (SSSR count). The molecule has 2 aliphatic rings. The molecule has 2 aliphatic heterocycles. The van der Waals surface area contributed by atoms with Crippen molar-refractivity contribution in [2.45, 2.75) is 32.4 Å². The number of carbonyl (C=O) groups is 1. The molecule has 8 heteroatoms. The second-order valence-corrected chi connectivity index (χ2v) is 8.91. The Morgan fingerprint density at radius 2 is 1.93 bits per heavy atom. The van der Waals surface area contributed by atoms with Crippen LogP contribution in [0.1, 0.15) is 20.8 Å². The summed E-state index contributed by atoms with van der Waals surface area (Å²) in [6.07, 6.45) is -0.246. The number of benzene rings is 1. The number of nitrogens with zero attached hydrogens (tertiary/aromatic N) is 3. The van der Waals surface area contributed by atoms with Crippen LogP contribution >= 0.6 is 11.6 Å². The highest BCUT2D eigenvalue weighted by molar-refractivity contribution is 6.32. The van der Waals surface area contributed by atoms with Gasteiger partial charge in [0.1, 0.15) is 11.4 Å². The van der Waals surface area contributed by atoms with E-state index in [4.69, 9.17) is 25.8 Å². The third-order valence-electron chi connectivity index (χ3n) is 5.18. The van der Waals surface area contributed by atoms with E-state index in [0.717, 1.165) is 51.6 Å². The molecular formula is C21H32ClN3O4. The van der Waals surface area contributed by atoms with Crippen LogP contribution in [0.15, 0.2) is 18.2 Å². The highest BCUT2D eigenvalue weighted by Gasteiger charge is 2.35. The van der Waals surface area contributed by atoms with Crippen molar-refractivity contribution in [1.82, 2.24) is 9.80 Å². The first-order valence-corrected chi connectivity index (χ1v) is 10.5. The summed E-state index contributed by atoms with van der Waals surface area (Å²) in [5, 5.41) is 0.591. The fourth-order valence-corrected chi connectivity index (χ4v) is 3.93. The minimum atomic E-state index is -0.513. The Bertz CT molecular complexity index is 704. The third-order valence-corrected chi connectivity index (χ3v) is 5.50. The third kappa shape index (κ3) is 5.90. The highest BCUT2D eigenvalue weighted by atomic mass is 35.5. The van der Waals surface area contributed by atoms with Gasteiger partial charge in [0.25, 0.3) is 0 Å². The minimum Gasteiger partial charge on any atom is -0.495 e. The van der Waals surface area contributed by atoms with Crippen molar-refractivity contribution >= 4 is 23.4 Å². The average molecular weight is 426 g/mol. The number of rotatable bonds is 4. The van der Waals surface area contributed by atoms with Crippen LogP contribution in [0.2, 0.25) is 5.02 Å². The highest BCUT2D eigenvalue weighted by Crippen LogP contribution is 2.31. The average Bonchev–Trinajstić information content (AvgIpc) is 2.68. The van der Waals surface area contributed by atoms with Crippen LogP contribution in [-0.4, -0.2) is 87.1 Å². The number of halogens is 1. The number of methoxy groups -OCH3 is 1. The van der Waals surface area contributed by atoms with Crippen molar-refractivity contribution in [2.24, 2.45) is 0 Å². The SMILES string of the molecule is COc1cc(N2CCN(C(=O)OC(C)(C)C)[C@@H](CN3CCOCC3)C2)ccc1Cl. The molecule has 0 aliphatic carbocycles. The van der Waals surface area contributed by atoms with Gasteiger partial charge in [0.05, 0.1) is 31.4 Å². The standard InChI is InChI=1S/C21H32ClN3O4/c1-21(2,3)29-20(26)25-8-7-24(16-5-6-18(22)19(13-16)27-4)15-17(25)14-23-9-11-28-12-10-23/h5-6,13,17H,7-12,14-15H2,1-4H3/t17-/m0/s1. The molecule has 7 nitrogen and oxygen atoms in total. The maximum absolute atomic E-state index is 12.9. The molecule has 29 heavy (non-hydrogen) atoms. The molecule has 0 radical (unpaired) electrons. The molecule has 1 aromatic carbocycles. The van der Waals surface area contributed by atoms with Gasteiger partial charge in [-0.3, -0.25) is 4.90 Å². The lowest BCUT2D eigenvalue weighted by Crippen LogP contribution is -2.60. The van der Waals surface area contributed by atoms with E-state index in [2.05, 4.69) is 9.80 Å². The number of morpholine rings is 1. The summed E-state index contributed by atoms with van der Waals surface area (Å²) in [5.41, 5.74) is 0.531. The van der Waals surface area contributed by atoms with Gasteiger partial charge in [-0.1, -0.05) is 11.6 Å². The van der Waals surface area contributed by atoms with E-state index in [1.165, 1.54) is 0 Å². The van der Waals surface area contributed by atoms with Crippen LogP contribution in [0.4, 0.5) is 10.5 Å². The smallest absolute Gasteiger partial charge is 0.410 e. The number of amides is 1. The zero-order valence-corrected chi connectivity index (χ0v) is 18.6. The van der Waals surface area contributed by atoms with E-state index in [9.17, 15) is 4.79 Å². The Hall–Kier alpha value is -1.70. The second-order valence-electron chi connectivity index (χ2n) is 8.51. The van der Waals surface area contributed by atoms with E-state index in [1.54, 1.807) is 7.11 Å². The number of hydrogen-bond donors (Lipinski definition) is 0. The lowest BCUT2D eigenvalue weighted by Gasteiger charge is -2.44. The Balaban J connectivity index is 1.76. The number of carbonyl (C=O) groups excluding carboxylic acids is 1. The maximum atomic E-state index is 12.9. The van der Waals surface area contributed by atoms with Gasteiger partial charge >= 0.3 is 6.09 Å². The Morgan fingerprint density at radius 1 is 1.21 bits per heavy atom. The van der Waals surface area contributed by atoms with Gasteiger partial charge in [-0.15, -0.1) is 0 Å². The normalized spacial score (nSPS) is 21.2. The van der Waals surface area contributed by atoms with Crippen molar-refractivity contribution in [3.05, 3.63) is 23.2 Å². The van der Waals surface area contributed by atoms with Gasteiger partial charge in [0.2, 0.25) is 0 Å². The molecule has 2 fully saturated rings. The summed E-state index contributed by atoms with van der Waals surface area (Å²) in [5.74, 6) is 0.656. The van der Waals surface area contributed by atoms with Crippen molar-refractivity contribution < 1.29 is 19.0 Å². The lowest BCUT2D eigenvalue weighted by molar-refractivity contribution is -0.00180. The van der Waals surface area contributed by atoms with E-state index < -0.39 is 5.60 Å². The van der Waals surface area contributed by atoms with E-state index in [-0.39, 0.29) is 12.1 Å². The molecule has 2 saturated heterocycles. The quantitative estimate of drug-likeness (QED) is 0.738. The Labute approximate surface area is 178 Å². The van der Waals surface area contributed by atoms with Gasteiger partial charge < -0.3 is 24.0 Å². The van der Waals surface area contributed by atoms with Crippen LogP contribution in [0, 0.1) is 0 Å². The Morgan fingerprint density at radius 3 is 2.59 bits per heavy atom. The summed E-state index contributed by atoms with van der Waals surface area (Å²) in [6, 6.07) is 5.84. The van der Waals surface area contributed by atoms with Crippen LogP contribution in [0.25, 0.3) is 0 Å². The molecule has 0 bridgehead atoms. The maximum Gasteiger partial charge on any atom is 0.410 e. The zero-order chi connectivity index (χ0) is 21.0. The van der Waals surface area contributed by atoms with Gasteiger partial charge in [-0.25, -0.2) is 4.79 Å². The fraction of sp³-hybridized carbons (Fsp3) is 0.667. The summed E-state index contributed by atoms with van der Waals surface area (Å²) < 4.78 is 16.5. The first-order valence-electron chi connectivity index (χ1n) is 10.1. The van der Waals surface area contributed by atoms with Gasteiger partial charge in [0, 0.05) is 51.0 Å². The largest absolute Gasteiger partial charge is 0.495 e. The number of ether oxygens (including phenoxy) is 3.